The van der Waals surface area contributed by atoms with Crippen LogP contribution in [0.2, 0.25) is 0 Å². The standard InChI is InChI=1S/C27H25N2/c1-20(24-15-7-11-22-9-3-5-13-26(22)24)28-17-18-29(19-28)21(2)25-16-8-12-23-10-4-6-14-27(23)25/h3-21H,1-2H3/q+1/t20-,21-/m1/s1. The fraction of sp³-hybridized carbons (Fsp3) is 0.148. The molecular formula is C27H25N2+. The minimum atomic E-state index is 0.266. The zero-order chi connectivity index (χ0) is 19.8. The van der Waals surface area contributed by atoms with E-state index in [2.05, 4.69) is 127 Å². The van der Waals surface area contributed by atoms with Crippen molar-refractivity contribution < 1.29 is 4.57 Å². The molecule has 0 aliphatic rings. The van der Waals surface area contributed by atoms with Gasteiger partial charge in [0, 0.05) is 11.1 Å². The normalized spacial score (nSPS) is 13.6. The van der Waals surface area contributed by atoms with Gasteiger partial charge in [-0.15, -0.1) is 0 Å². The summed E-state index contributed by atoms with van der Waals surface area (Å²) in [5.41, 5.74) is 2.70. The molecule has 142 valence electrons. The van der Waals surface area contributed by atoms with Crippen LogP contribution in [0.3, 0.4) is 0 Å². The average Bonchev–Trinajstić information content (AvgIpc) is 3.28. The second-order valence-corrected chi connectivity index (χ2v) is 7.80. The highest BCUT2D eigenvalue weighted by molar-refractivity contribution is 5.86. The first kappa shape index (κ1) is 17.7. The molecule has 0 spiro atoms. The molecule has 0 radical (unpaired) electrons. The molecule has 0 bridgehead atoms. The largest absolute Gasteiger partial charge is 0.244 e. The van der Waals surface area contributed by atoms with E-state index in [9.17, 15) is 0 Å². The molecule has 2 atom stereocenters. The van der Waals surface area contributed by atoms with E-state index >= 15 is 0 Å². The Kier molecular flexibility index (Phi) is 4.40. The predicted molar refractivity (Wildman–Crippen MR) is 120 cm³/mol. The van der Waals surface area contributed by atoms with E-state index < -0.39 is 0 Å². The zero-order valence-electron chi connectivity index (χ0n) is 16.9. The maximum atomic E-state index is 2.31. The Hall–Kier alpha value is -3.39. The van der Waals surface area contributed by atoms with Gasteiger partial charge in [-0.25, -0.2) is 9.13 Å². The van der Waals surface area contributed by atoms with Gasteiger partial charge < -0.3 is 0 Å². The molecule has 1 heterocycles. The van der Waals surface area contributed by atoms with E-state index in [-0.39, 0.29) is 12.1 Å². The lowest BCUT2D eigenvalue weighted by Gasteiger charge is -2.13. The SMILES string of the molecule is C[C@H](c1cccc2ccccc12)n1cc[n+]([C@H](C)c2cccc3ccccc23)c1. The van der Waals surface area contributed by atoms with E-state index in [0.717, 1.165) is 0 Å². The molecule has 0 N–H and O–H groups in total. The summed E-state index contributed by atoms with van der Waals surface area (Å²) >= 11 is 0. The van der Waals surface area contributed by atoms with Gasteiger partial charge in [0.15, 0.2) is 0 Å². The van der Waals surface area contributed by atoms with E-state index in [1.165, 1.54) is 32.7 Å². The molecule has 2 nitrogen and oxygen atoms in total. The number of benzene rings is 4. The van der Waals surface area contributed by atoms with Crippen molar-refractivity contribution in [1.82, 2.24) is 4.57 Å². The summed E-state index contributed by atoms with van der Waals surface area (Å²) in [6.07, 6.45) is 6.61. The summed E-state index contributed by atoms with van der Waals surface area (Å²) < 4.78 is 4.62. The van der Waals surface area contributed by atoms with Crippen molar-refractivity contribution in [1.29, 1.82) is 0 Å². The maximum Gasteiger partial charge on any atom is 0.244 e. The van der Waals surface area contributed by atoms with Crippen LogP contribution in [0.25, 0.3) is 21.5 Å². The lowest BCUT2D eigenvalue weighted by molar-refractivity contribution is -0.709. The van der Waals surface area contributed by atoms with Crippen molar-refractivity contribution in [3.8, 4) is 0 Å². The lowest BCUT2D eigenvalue weighted by Crippen LogP contribution is -2.36. The van der Waals surface area contributed by atoms with Crippen LogP contribution in [-0.4, -0.2) is 4.57 Å². The number of imidazole rings is 1. The van der Waals surface area contributed by atoms with Crippen LogP contribution in [0.15, 0.2) is 104 Å². The number of nitrogens with zero attached hydrogens (tertiary/aromatic N) is 2. The quantitative estimate of drug-likeness (QED) is 0.325. The lowest BCUT2D eigenvalue weighted by atomic mass is 9.99. The van der Waals surface area contributed by atoms with E-state index in [1.54, 1.807) is 0 Å². The number of rotatable bonds is 4. The topological polar surface area (TPSA) is 8.81 Å². The summed E-state index contributed by atoms with van der Waals surface area (Å²) in [6, 6.07) is 31.0. The number of hydrogen-bond donors (Lipinski definition) is 0. The van der Waals surface area contributed by atoms with Crippen LogP contribution in [0.4, 0.5) is 0 Å². The summed E-state index contributed by atoms with van der Waals surface area (Å²) in [5.74, 6) is 0. The van der Waals surface area contributed by atoms with E-state index in [1.807, 2.05) is 0 Å². The van der Waals surface area contributed by atoms with Crippen molar-refractivity contribution in [3.05, 3.63) is 115 Å². The maximum absolute atomic E-state index is 2.31. The Bertz CT molecular complexity index is 1190. The number of fused-ring (bicyclic) bond motifs is 2. The third-order valence-corrected chi connectivity index (χ3v) is 6.12. The first-order valence-corrected chi connectivity index (χ1v) is 10.3. The highest BCUT2D eigenvalue weighted by Crippen LogP contribution is 2.27. The molecule has 0 unspecified atom stereocenters. The predicted octanol–water partition coefficient (Wildman–Crippen LogP) is 6.30. The number of hydrogen-bond acceptors (Lipinski definition) is 0. The van der Waals surface area contributed by atoms with Gasteiger partial charge in [0.05, 0.1) is 0 Å². The smallest absolute Gasteiger partial charge is 0.230 e. The fourth-order valence-corrected chi connectivity index (χ4v) is 4.39. The Morgan fingerprint density at radius 1 is 0.655 bits per heavy atom. The molecule has 5 rings (SSSR count). The second kappa shape index (κ2) is 7.21. The summed E-state index contributed by atoms with van der Waals surface area (Å²) in [4.78, 5) is 0. The van der Waals surface area contributed by atoms with Crippen LogP contribution >= 0.6 is 0 Å². The Balaban J connectivity index is 1.51. The Labute approximate surface area is 171 Å². The monoisotopic (exact) mass is 377 g/mol. The van der Waals surface area contributed by atoms with Gasteiger partial charge in [0.2, 0.25) is 6.33 Å². The highest BCUT2D eigenvalue weighted by Gasteiger charge is 2.20. The van der Waals surface area contributed by atoms with Crippen LogP contribution in [-0.2, 0) is 0 Å². The minimum Gasteiger partial charge on any atom is -0.230 e. The molecule has 5 aromatic rings. The van der Waals surface area contributed by atoms with Gasteiger partial charge in [-0.1, -0.05) is 84.9 Å². The molecule has 0 aliphatic carbocycles. The molecule has 4 aromatic carbocycles. The van der Waals surface area contributed by atoms with Crippen LogP contribution < -0.4 is 4.57 Å². The summed E-state index contributed by atoms with van der Waals surface area (Å²) in [7, 11) is 0. The molecular weight excluding hydrogens is 352 g/mol. The third-order valence-electron chi connectivity index (χ3n) is 6.12. The Morgan fingerprint density at radius 3 is 1.90 bits per heavy atom. The van der Waals surface area contributed by atoms with Crippen molar-refractivity contribution >= 4 is 21.5 Å². The number of aromatic nitrogens is 2. The van der Waals surface area contributed by atoms with Crippen LogP contribution in [0, 0.1) is 0 Å². The van der Waals surface area contributed by atoms with Gasteiger partial charge >= 0.3 is 0 Å². The van der Waals surface area contributed by atoms with Crippen molar-refractivity contribution in [3.63, 3.8) is 0 Å². The second-order valence-electron chi connectivity index (χ2n) is 7.80. The molecule has 0 fully saturated rings. The van der Waals surface area contributed by atoms with Gasteiger partial charge in [-0.2, -0.15) is 0 Å². The first-order valence-electron chi connectivity index (χ1n) is 10.3. The van der Waals surface area contributed by atoms with Gasteiger partial charge in [-0.05, 0) is 35.4 Å². The molecule has 2 heteroatoms. The van der Waals surface area contributed by atoms with Gasteiger partial charge in [-0.3, -0.25) is 0 Å². The van der Waals surface area contributed by atoms with Gasteiger partial charge in [0.25, 0.3) is 0 Å². The minimum absolute atomic E-state index is 0.266. The molecule has 0 amide bonds. The molecule has 29 heavy (non-hydrogen) atoms. The van der Waals surface area contributed by atoms with Crippen molar-refractivity contribution in [2.24, 2.45) is 0 Å². The van der Waals surface area contributed by atoms with Crippen LogP contribution in [0.1, 0.15) is 37.1 Å². The molecule has 0 aliphatic heterocycles. The average molecular weight is 378 g/mol. The molecule has 1 aromatic heterocycles. The Morgan fingerprint density at radius 2 is 1.21 bits per heavy atom. The molecule has 0 saturated carbocycles. The third kappa shape index (κ3) is 3.11. The van der Waals surface area contributed by atoms with Crippen LogP contribution in [0.5, 0.6) is 0 Å². The van der Waals surface area contributed by atoms with E-state index in [0.29, 0.717) is 0 Å². The van der Waals surface area contributed by atoms with E-state index in [4.69, 9.17) is 0 Å². The van der Waals surface area contributed by atoms with Gasteiger partial charge in [0.1, 0.15) is 24.5 Å². The van der Waals surface area contributed by atoms with Crippen molar-refractivity contribution in [2.75, 3.05) is 0 Å². The highest BCUT2D eigenvalue weighted by atomic mass is 15.1. The van der Waals surface area contributed by atoms with Crippen molar-refractivity contribution in [2.45, 2.75) is 25.9 Å². The summed E-state index contributed by atoms with van der Waals surface area (Å²) in [6.45, 7) is 4.55. The zero-order valence-corrected chi connectivity index (χ0v) is 16.9. The first-order chi connectivity index (χ1) is 14.2. The molecule has 0 saturated heterocycles. The fourth-order valence-electron chi connectivity index (χ4n) is 4.39. The summed E-state index contributed by atoms with van der Waals surface area (Å²) in [5, 5.41) is 5.23.